The topological polar surface area (TPSA) is 118 Å². The van der Waals surface area contributed by atoms with Crippen LogP contribution in [-0.2, 0) is 20.6 Å². The number of amides is 3. The number of rotatable bonds is 7. The van der Waals surface area contributed by atoms with Crippen molar-refractivity contribution in [2.45, 2.75) is 28.8 Å². The second kappa shape index (κ2) is 11.8. The lowest BCUT2D eigenvalue weighted by atomic mass is 9.68. The molecule has 2 N–H and O–H groups in total. The Labute approximate surface area is 285 Å². The van der Waals surface area contributed by atoms with Crippen LogP contribution in [0.3, 0.4) is 0 Å². The number of aromatic amines is 1. The Bertz CT molecular complexity index is 2030. The van der Waals surface area contributed by atoms with E-state index in [2.05, 4.69) is 10.3 Å². The number of ether oxygens (including phenoxy) is 2. The molecule has 9 nitrogen and oxygen atoms in total. The van der Waals surface area contributed by atoms with Crippen molar-refractivity contribution in [1.82, 2.24) is 4.98 Å². The van der Waals surface area contributed by atoms with Crippen LogP contribution in [0.25, 0.3) is 0 Å². The van der Waals surface area contributed by atoms with Crippen molar-refractivity contribution in [3.05, 3.63) is 98.5 Å². The molecule has 4 aliphatic rings. The molecular weight excluding hydrogens is 680 g/mol. The summed E-state index contributed by atoms with van der Waals surface area (Å²) in [6, 6.07) is 18.6. The van der Waals surface area contributed by atoms with Crippen LogP contribution in [0.2, 0.25) is 0 Å². The number of halogens is 3. The molecule has 1 saturated heterocycles. The molecule has 3 amide bonds. The van der Waals surface area contributed by atoms with E-state index < -0.39 is 35.4 Å². The van der Waals surface area contributed by atoms with Crippen molar-refractivity contribution in [2.24, 2.45) is 29.6 Å². The third kappa shape index (κ3) is 5.32. The minimum absolute atomic E-state index is 0.0671. The first-order valence-electron chi connectivity index (χ1n) is 15.6. The number of imide groups is 1. The summed E-state index contributed by atoms with van der Waals surface area (Å²) in [5.41, 5.74) is 0.512. The Kier molecular flexibility index (Phi) is 7.63. The predicted octanol–water partition coefficient (Wildman–Crippen LogP) is 6.16. The van der Waals surface area contributed by atoms with Gasteiger partial charge in [0.25, 0.3) is 5.91 Å². The third-order valence-electron chi connectivity index (χ3n) is 10.1. The molecule has 3 fully saturated rings. The van der Waals surface area contributed by atoms with Gasteiger partial charge in [-0.15, -0.1) is 11.8 Å². The van der Waals surface area contributed by atoms with Crippen molar-refractivity contribution in [2.75, 3.05) is 23.9 Å². The van der Waals surface area contributed by atoms with Crippen LogP contribution < -0.4 is 24.6 Å². The fourth-order valence-electron chi connectivity index (χ4n) is 8.26. The number of nitrogens with one attached hydrogen (secondary N) is 2. The van der Waals surface area contributed by atoms with Gasteiger partial charge in [0.15, 0.2) is 6.61 Å². The molecule has 2 bridgehead atoms. The second-order valence-corrected chi connectivity index (χ2v) is 14.9. The van der Waals surface area contributed by atoms with Gasteiger partial charge in [-0.1, -0.05) is 29.5 Å². The minimum Gasteiger partial charge on any atom is -0.497 e. The largest absolute Gasteiger partial charge is 0.497 e. The lowest BCUT2D eigenvalue weighted by Crippen LogP contribution is -2.42. The van der Waals surface area contributed by atoms with E-state index in [1.807, 2.05) is 12.1 Å². The first-order valence-corrected chi connectivity index (χ1v) is 17.3. The molecule has 2 aliphatic heterocycles. The molecule has 8 rings (SSSR count). The summed E-state index contributed by atoms with van der Waals surface area (Å²) in [5.74, 6) is -2.12. The van der Waals surface area contributed by atoms with Crippen molar-refractivity contribution in [3.8, 4) is 11.5 Å². The molecule has 2 saturated carbocycles. The normalized spacial score (nSPS) is 26.7. The Morgan fingerprint density at radius 1 is 0.959 bits per heavy atom. The van der Waals surface area contributed by atoms with E-state index in [1.54, 1.807) is 43.5 Å². The molecule has 0 radical (unpaired) electrons. The van der Waals surface area contributed by atoms with Gasteiger partial charge in [-0.2, -0.15) is 13.2 Å². The molecule has 1 aromatic heterocycles. The van der Waals surface area contributed by atoms with Crippen LogP contribution in [0.4, 0.5) is 24.5 Å². The molecule has 0 spiro atoms. The SMILES string of the molecule is COc1ccc(NC(=O)COc2ccc([C@@H]3c4sc(=O)[nH]c4S[C@@H]4[C@@H]5C[C@@H]([C@@H]6C(=O)N(c7cccc(C(F)(F)F)c7)C(=O)[C@@H]56)[C@H]34)cc2)cc1. The summed E-state index contributed by atoms with van der Waals surface area (Å²) in [6.45, 7) is -0.217. The van der Waals surface area contributed by atoms with E-state index in [0.717, 1.165) is 43.8 Å². The van der Waals surface area contributed by atoms with E-state index in [9.17, 15) is 32.3 Å². The highest BCUT2D eigenvalue weighted by Crippen LogP contribution is 2.68. The van der Waals surface area contributed by atoms with Crippen LogP contribution in [0.5, 0.6) is 11.5 Å². The second-order valence-electron chi connectivity index (χ2n) is 12.7. The average molecular weight is 708 g/mol. The number of carbonyl (C=O) groups is 3. The number of hydrogen-bond acceptors (Lipinski definition) is 8. The standard InChI is InChI=1S/C35H28F3N3O6S2/c1-46-20-11-7-18(8-12-20)39-24(42)15-47-21-9-5-16(6-10-21)25-26-22-14-23(29(26)48-31-30(25)49-34(45)40-31)28-27(22)32(43)41(33(28)44)19-4-2-3-17(13-19)35(36,37)38/h2-13,22-23,25-29H,14-15H2,1H3,(H,39,42)(H,40,45)/t22-,23-,25+,26-,27+,28+,29-/m1/s1. The van der Waals surface area contributed by atoms with Gasteiger partial charge < -0.3 is 19.8 Å². The quantitative estimate of drug-likeness (QED) is 0.221. The fraction of sp³-hybridized carbons (Fsp3) is 0.314. The predicted molar refractivity (Wildman–Crippen MR) is 176 cm³/mol. The number of aromatic nitrogens is 1. The smallest absolute Gasteiger partial charge is 0.416 e. The molecule has 4 aromatic rings. The number of fused-ring (bicyclic) bond motifs is 9. The number of anilines is 2. The van der Waals surface area contributed by atoms with Crippen LogP contribution in [0.1, 0.15) is 28.3 Å². The van der Waals surface area contributed by atoms with Gasteiger partial charge in [0.2, 0.25) is 11.8 Å². The van der Waals surface area contributed by atoms with E-state index in [1.165, 1.54) is 23.9 Å². The molecule has 14 heteroatoms. The molecular formula is C35H28F3N3O6S2. The molecule has 0 unspecified atom stereocenters. The zero-order valence-corrected chi connectivity index (χ0v) is 27.4. The number of nitrogens with zero attached hydrogens (tertiary/aromatic N) is 1. The Hall–Kier alpha value is -4.56. The zero-order chi connectivity index (χ0) is 34.2. The lowest BCUT2D eigenvalue weighted by molar-refractivity contribution is -0.137. The average Bonchev–Trinajstić information content (AvgIpc) is 3.82. The van der Waals surface area contributed by atoms with Crippen LogP contribution in [0, 0.1) is 29.6 Å². The van der Waals surface area contributed by atoms with Gasteiger partial charge >= 0.3 is 11.0 Å². The van der Waals surface area contributed by atoms with E-state index in [-0.39, 0.29) is 52.0 Å². The monoisotopic (exact) mass is 707 g/mol. The highest BCUT2D eigenvalue weighted by molar-refractivity contribution is 8.00. The van der Waals surface area contributed by atoms with Crippen molar-refractivity contribution < 1.29 is 37.0 Å². The van der Waals surface area contributed by atoms with Gasteiger partial charge in [-0.3, -0.25) is 24.1 Å². The van der Waals surface area contributed by atoms with Crippen LogP contribution >= 0.6 is 23.1 Å². The number of thiazole rings is 1. The lowest BCUT2D eigenvalue weighted by Gasteiger charge is -2.43. The Morgan fingerprint density at radius 3 is 2.35 bits per heavy atom. The van der Waals surface area contributed by atoms with Crippen LogP contribution in [0.15, 0.2) is 82.6 Å². The minimum atomic E-state index is -4.62. The number of benzene rings is 3. The molecule has 2 aliphatic carbocycles. The number of alkyl halides is 3. The fourth-order valence-corrected chi connectivity index (χ4v) is 11.1. The Balaban J connectivity index is 1.04. The number of methoxy groups -OCH3 is 1. The summed E-state index contributed by atoms with van der Waals surface area (Å²) in [4.78, 5) is 57.4. The van der Waals surface area contributed by atoms with Crippen molar-refractivity contribution >= 4 is 52.2 Å². The summed E-state index contributed by atoms with van der Waals surface area (Å²) < 4.78 is 51.4. The maximum absolute atomic E-state index is 13.9. The van der Waals surface area contributed by atoms with Crippen LogP contribution in [-0.4, -0.2) is 41.7 Å². The van der Waals surface area contributed by atoms with Gasteiger partial charge in [0, 0.05) is 21.7 Å². The van der Waals surface area contributed by atoms with Gasteiger partial charge in [-0.25, -0.2) is 0 Å². The molecule has 49 heavy (non-hydrogen) atoms. The van der Waals surface area contributed by atoms with Gasteiger partial charge in [-0.05, 0) is 84.3 Å². The van der Waals surface area contributed by atoms with Crippen molar-refractivity contribution in [1.29, 1.82) is 0 Å². The first-order chi connectivity index (χ1) is 23.5. The summed E-state index contributed by atoms with van der Waals surface area (Å²) in [6.07, 6.45) is -3.97. The molecule has 3 aromatic carbocycles. The molecule has 7 atom stereocenters. The number of hydrogen-bond donors (Lipinski definition) is 2. The summed E-state index contributed by atoms with van der Waals surface area (Å²) in [7, 11) is 1.56. The summed E-state index contributed by atoms with van der Waals surface area (Å²) >= 11 is 2.66. The first kappa shape index (κ1) is 31.7. The van der Waals surface area contributed by atoms with Gasteiger partial charge in [0.1, 0.15) is 11.5 Å². The van der Waals surface area contributed by atoms with E-state index >= 15 is 0 Å². The third-order valence-corrected chi connectivity index (χ3v) is 12.7. The summed E-state index contributed by atoms with van der Waals surface area (Å²) in [5, 5.41) is 3.43. The van der Waals surface area contributed by atoms with E-state index in [0.29, 0.717) is 23.6 Å². The highest BCUT2D eigenvalue weighted by Gasteiger charge is 2.69. The number of H-pyrrole nitrogens is 1. The number of thioether (sulfide) groups is 1. The zero-order valence-electron chi connectivity index (χ0n) is 25.7. The van der Waals surface area contributed by atoms with Gasteiger partial charge in [0.05, 0.1) is 35.2 Å². The Morgan fingerprint density at radius 2 is 1.65 bits per heavy atom. The van der Waals surface area contributed by atoms with E-state index in [4.69, 9.17) is 9.47 Å². The molecule has 252 valence electrons. The number of carbonyl (C=O) groups excluding carboxylic acids is 3. The highest BCUT2D eigenvalue weighted by atomic mass is 32.2. The van der Waals surface area contributed by atoms with Crippen molar-refractivity contribution in [3.63, 3.8) is 0 Å². The maximum atomic E-state index is 13.9. The molecule has 3 heterocycles. The maximum Gasteiger partial charge on any atom is 0.416 e.